The Morgan fingerprint density at radius 3 is 1.51 bits per heavy atom. The van der Waals surface area contributed by atoms with E-state index in [1.165, 1.54) is 32.1 Å². The van der Waals surface area contributed by atoms with Gasteiger partial charge in [0.25, 0.3) is 0 Å². The van der Waals surface area contributed by atoms with Crippen LogP contribution in [0.1, 0.15) is 77.0 Å². The van der Waals surface area contributed by atoms with Crippen LogP contribution in [0, 0.1) is 17.8 Å². The number of fused-ring (bicyclic) bond motifs is 4. The topological polar surface area (TPSA) is 93.2 Å². The summed E-state index contributed by atoms with van der Waals surface area (Å²) < 4.78 is 30.8. The van der Waals surface area contributed by atoms with E-state index in [9.17, 15) is 9.59 Å². The molecule has 3 saturated carbocycles. The molecule has 2 N–H and O–H groups in total. The van der Waals surface area contributed by atoms with Crippen LogP contribution in [0.2, 0.25) is 37.8 Å². The fourth-order valence-corrected chi connectivity index (χ4v) is 20.4. The lowest BCUT2D eigenvalue weighted by atomic mass is 9.79. The van der Waals surface area contributed by atoms with Crippen molar-refractivity contribution in [2.75, 3.05) is 0 Å². The van der Waals surface area contributed by atoms with Gasteiger partial charge >= 0.3 is 25.7 Å². The standard InChI is InChI=1S/C27H50O7Si3/c1-35(28,11-8-19-4-6-24-26(16-19)31-24)33-37(3,13-10-20-5-7-25-27(17-20)32-25)34-36(2,29)12-9-21-14-22-18-23(15-21)30-22/h19-29H,4-18H2,1-3H3. The summed E-state index contributed by atoms with van der Waals surface area (Å²) in [7, 11) is -8.59. The molecule has 10 heteroatoms. The van der Waals surface area contributed by atoms with Gasteiger partial charge in [0.05, 0.1) is 36.6 Å². The van der Waals surface area contributed by atoms with Gasteiger partial charge in [-0.05, 0) is 133 Å². The van der Waals surface area contributed by atoms with Crippen LogP contribution >= 0.6 is 0 Å². The summed E-state index contributed by atoms with van der Waals surface area (Å²) in [6, 6.07) is 2.35. The number of hydrogen-bond acceptors (Lipinski definition) is 7. The highest BCUT2D eigenvalue weighted by Gasteiger charge is 2.50. The van der Waals surface area contributed by atoms with Gasteiger partial charge < -0.3 is 32.0 Å². The van der Waals surface area contributed by atoms with Crippen molar-refractivity contribution in [2.24, 2.45) is 17.8 Å². The van der Waals surface area contributed by atoms with Gasteiger partial charge in [-0.1, -0.05) is 0 Å². The maximum atomic E-state index is 11.5. The molecule has 0 amide bonds. The van der Waals surface area contributed by atoms with E-state index in [0.29, 0.717) is 54.4 Å². The van der Waals surface area contributed by atoms with E-state index >= 15 is 0 Å². The lowest BCUT2D eigenvalue weighted by Crippen LogP contribution is -2.56. The summed E-state index contributed by atoms with van der Waals surface area (Å²) in [5.41, 5.74) is 0. The highest BCUT2D eigenvalue weighted by Crippen LogP contribution is 2.44. The zero-order chi connectivity index (χ0) is 25.8. The van der Waals surface area contributed by atoms with E-state index in [0.717, 1.165) is 63.1 Å². The zero-order valence-electron chi connectivity index (χ0n) is 23.2. The molecule has 7 aliphatic rings. The predicted molar refractivity (Wildman–Crippen MR) is 148 cm³/mol. The third-order valence-electron chi connectivity index (χ3n) is 10.2. The molecule has 212 valence electrons. The Bertz CT molecular complexity index is 771. The Hall–Kier alpha value is 0.371. The van der Waals surface area contributed by atoms with Crippen molar-refractivity contribution in [3.05, 3.63) is 0 Å². The summed E-state index contributed by atoms with van der Waals surface area (Å²) in [5, 5.41) is 0. The lowest BCUT2D eigenvalue weighted by molar-refractivity contribution is -0.173. The van der Waals surface area contributed by atoms with E-state index < -0.39 is 25.7 Å². The largest absolute Gasteiger partial charge is 0.415 e. The van der Waals surface area contributed by atoms with Gasteiger partial charge in [-0.3, -0.25) is 0 Å². The summed E-state index contributed by atoms with van der Waals surface area (Å²) in [6.45, 7) is 6.03. The molecule has 0 radical (unpaired) electrons. The smallest absolute Gasteiger partial charge is 0.323 e. The second-order valence-corrected chi connectivity index (χ2v) is 24.1. The first-order valence-electron chi connectivity index (χ1n) is 15.3. The van der Waals surface area contributed by atoms with Gasteiger partial charge in [-0.25, -0.2) is 0 Å². The minimum absolute atomic E-state index is 0.451. The van der Waals surface area contributed by atoms with Crippen LogP contribution in [0.25, 0.3) is 0 Å². The molecule has 0 aromatic carbocycles. The maximum Gasteiger partial charge on any atom is 0.323 e. The molecule has 4 heterocycles. The normalized spacial score (nSPS) is 44.8. The average molecular weight is 571 g/mol. The van der Waals surface area contributed by atoms with Gasteiger partial charge in [0.15, 0.2) is 0 Å². The molecular weight excluding hydrogens is 521 g/mol. The number of epoxide rings is 2. The van der Waals surface area contributed by atoms with Crippen LogP contribution in [-0.2, 0) is 22.4 Å². The van der Waals surface area contributed by atoms with E-state index in [1.807, 2.05) is 13.1 Å². The van der Waals surface area contributed by atoms with Crippen LogP contribution in [-0.4, -0.2) is 71.9 Å². The van der Waals surface area contributed by atoms with Crippen LogP contribution in [0.3, 0.4) is 0 Å². The first kappa shape index (κ1) is 27.5. The molecular formula is C27H50O7Si3. The SMILES string of the molecule is C[Si](O)(CCC1CC2CC(C1)O2)O[Si](C)(CCC1CCC2OC2C1)O[Si](C)(O)CCC1CCC2OC2C1. The zero-order valence-corrected chi connectivity index (χ0v) is 26.2. The summed E-state index contributed by atoms with van der Waals surface area (Å²) in [6.07, 6.45) is 16.5. The van der Waals surface area contributed by atoms with Crippen molar-refractivity contribution in [2.45, 2.75) is 151 Å². The Kier molecular flexibility index (Phi) is 7.92. The minimum Gasteiger partial charge on any atom is -0.415 e. The second kappa shape index (κ2) is 10.6. The lowest BCUT2D eigenvalue weighted by Gasteiger charge is -2.46. The highest BCUT2D eigenvalue weighted by molar-refractivity contribution is 6.85. The molecule has 4 aliphatic heterocycles. The Balaban J connectivity index is 1.04. The molecule has 7 fully saturated rings. The Labute approximate surface area is 226 Å². The van der Waals surface area contributed by atoms with Crippen LogP contribution in [0.5, 0.6) is 0 Å². The quantitative estimate of drug-likeness (QED) is 0.235. The Morgan fingerprint density at radius 1 is 0.568 bits per heavy atom. The van der Waals surface area contributed by atoms with Gasteiger partial charge in [0.2, 0.25) is 0 Å². The van der Waals surface area contributed by atoms with E-state index in [4.69, 9.17) is 22.4 Å². The molecule has 2 bridgehead atoms. The van der Waals surface area contributed by atoms with Crippen LogP contribution in [0.4, 0.5) is 0 Å². The third kappa shape index (κ3) is 7.37. The predicted octanol–water partition coefficient (Wildman–Crippen LogP) is 5.09. The van der Waals surface area contributed by atoms with E-state index in [2.05, 4.69) is 6.55 Å². The fraction of sp³-hybridized carbons (Fsp3) is 1.00. The molecule has 3 aliphatic carbocycles. The van der Waals surface area contributed by atoms with Gasteiger partial charge in [0.1, 0.15) is 0 Å². The first-order chi connectivity index (χ1) is 17.5. The Morgan fingerprint density at radius 2 is 1.03 bits per heavy atom. The van der Waals surface area contributed by atoms with Crippen molar-refractivity contribution in [1.29, 1.82) is 0 Å². The van der Waals surface area contributed by atoms with Gasteiger partial charge in [0, 0.05) is 0 Å². The molecule has 0 aromatic heterocycles. The van der Waals surface area contributed by atoms with Crippen molar-refractivity contribution in [3.8, 4) is 0 Å². The molecule has 11 unspecified atom stereocenters. The average Bonchev–Trinajstić information content (AvgIpc) is 3.73. The fourth-order valence-electron chi connectivity index (χ4n) is 8.00. The molecule has 0 spiro atoms. The third-order valence-corrected chi connectivity index (χ3v) is 20.8. The number of rotatable bonds is 13. The molecule has 37 heavy (non-hydrogen) atoms. The van der Waals surface area contributed by atoms with Crippen molar-refractivity contribution in [1.82, 2.24) is 0 Å². The van der Waals surface area contributed by atoms with Crippen molar-refractivity contribution < 1.29 is 32.0 Å². The molecule has 11 atom stereocenters. The highest BCUT2D eigenvalue weighted by atomic mass is 28.5. The van der Waals surface area contributed by atoms with Crippen LogP contribution in [0.15, 0.2) is 0 Å². The molecule has 0 aromatic rings. The van der Waals surface area contributed by atoms with Crippen LogP contribution < -0.4 is 0 Å². The monoisotopic (exact) mass is 570 g/mol. The summed E-state index contributed by atoms with van der Waals surface area (Å²) in [4.78, 5) is 23.1. The van der Waals surface area contributed by atoms with Gasteiger partial charge in [-0.15, -0.1) is 0 Å². The maximum absolute atomic E-state index is 11.5. The number of hydrogen-bond donors (Lipinski definition) is 2. The molecule has 7 rings (SSSR count). The molecule has 7 nitrogen and oxygen atoms in total. The molecule has 4 saturated heterocycles. The van der Waals surface area contributed by atoms with E-state index in [1.54, 1.807) is 0 Å². The van der Waals surface area contributed by atoms with E-state index in [-0.39, 0.29) is 0 Å². The van der Waals surface area contributed by atoms with Gasteiger partial charge in [-0.2, -0.15) is 0 Å². The summed E-state index contributed by atoms with van der Waals surface area (Å²) in [5.74, 6) is 1.92. The van der Waals surface area contributed by atoms with Crippen molar-refractivity contribution in [3.63, 3.8) is 0 Å². The summed E-state index contributed by atoms with van der Waals surface area (Å²) >= 11 is 0. The van der Waals surface area contributed by atoms with Crippen molar-refractivity contribution >= 4 is 25.7 Å². The minimum atomic E-state index is -2.92. The number of ether oxygens (including phenoxy) is 3. The second-order valence-electron chi connectivity index (χ2n) is 14.0. The first-order valence-corrected chi connectivity index (χ1v) is 23.0.